The molecule has 0 atom stereocenters. The van der Waals surface area contributed by atoms with Gasteiger partial charge in [-0.15, -0.1) is 0 Å². The third-order valence-electron chi connectivity index (χ3n) is 1.80. The fourth-order valence-corrected chi connectivity index (χ4v) is 0.999. The highest BCUT2D eigenvalue weighted by Crippen LogP contribution is 2.14. The summed E-state index contributed by atoms with van der Waals surface area (Å²) in [6.45, 7) is 4.10. The van der Waals surface area contributed by atoms with Crippen LogP contribution in [0.25, 0.3) is 0 Å². The fourth-order valence-electron chi connectivity index (χ4n) is 0.999. The van der Waals surface area contributed by atoms with Crippen LogP contribution in [0, 0.1) is 0 Å². The van der Waals surface area contributed by atoms with E-state index in [0.29, 0.717) is 5.92 Å². The molecule has 1 rings (SSSR count). The minimum absolute atomic E-state index is 0.124. The second-order valence-electron chi connectivity index (χ2n) is 3.05. The van der Waals surface area contributed by atoms with Crippen molar-refractivity contribution in [1.29, 1.82) is 0 Å². The molecule has 0 aliphatic carbocycles. The van der Waals surface area contributed by atoms with Gasteiger partial charge in [0.25, 0.3) is 0 Å². The Morgan fingerprint density at radius 3 is 2.08 bits per heavy atom. The van der Waals surface area contributed by atoms with Gasteiger partial charge in [-0.25, -0.2) is 0 Å². The Hall–Kier alpha value is -1.18. The molecule has 0 aromatic heterocycles. The first-order chi connectivity index (χ1) is 5.61. The van der Waals surface area contributed by atoms with E-state index < -0.39 is 6.04 Å². The number of carbonyl (C=O) groups is 1. The van der Waals surface area contributed by atoms with E-state index in [0.717, 1.165) is 5.56 Å². The SMILES string of the molecule is CC(C)c1ccc(C(=O)F)cc1. The van der Waals surface area contributed by atoms with E-state index in [1.165, 1.54) is 12.1 Å². The van der Waals surface area contributed by atoms with Crippen LogP contribution in [0.2, 0.25) is 0 Å². The van der Waals surface area contributed by atoms with Crippen LogP contribution >= 0.6 is 0 Å². The monoisotopic (exact) mass is 166 g/mol. The van der Waals surface area contributed by atoms with Crippen LogP contribution in [-0.2, 0) is 0 Å². The van der Waals surface area contributed by atoms with Gasteiger partial charge in [0.2, 0.25) is 0 Å². The number of hydrogen-bond acceptors (Lipinski definition) is 1. The maximum Gasteiger partial charge on any atom is 0.332 e. The highest BCUT2D eigenvalue weighted by atomic mass is 19.1. The molecule has 2 heteroatoms. The minimum Gasteiger partial charge on any atom is -0.255 e. The molecule has 0 radical (unpaired) electrons. The Balaban J connectivity index is 2.93. The van der Waals surface area contributed by atoms with Gasteiger partial charge < -0.3 is 0 Å². The summed E-state index contributed by atoms with van der Waals surface area (Å²) in [6, 6.07) is 5.20. The summed E-state index contributed by atoms with van der Waals surface area (Å²) >= 11 is 0. The maximum atomic E-state index is 12.1. The van der Waals surface area contributed by atoms with E-state index in [2.05, 4.69) is 0 Å². The summed E-state index contributed by atoms with van der Waals surface area (Å²) in [5, 5.41) is 0. The number of benzene rings is 1. The third kappa shape index (κ3) is 1.91. The second-order valence-corrected chi connectivity index (χ2v) is 3.05. The minimum atomic E-state index is -1.37. The summed E-state index contributed by atoms with van der Waals surface area (Å²) in [7, 11) is 0. The van der Waals surface area contributed by atoms with Crippen molar-refractivity contribution in [3.63, 3.8) is 0 Å². The molecular weight excluding hydrogens is 155 g/mol. The summed E-state index contributed by atoms with van der Waals surface area (Å²) < 4.78 is 12.1. The molecule has 0 bridgehead atoms. The molecule has 1 aromatic rings. The summed E-state index contributed by atoms with van der Waals surface area (Å²) in [6.07, 6.45) is 0. The van der Waals surface area contributed by atoms with Gasteiger partial charge in [0.15, 0.2) is 0 Å². The molecule has 0 amide bonds. The van der Waals surface area contributed by atoms with Crippen molar-refractivity contribution in [2.45, 2.75) is 19.8 Å². The summed E-state index contributed by atoms with van der Waals surface area (Å²) in [5.74, 6) is 0.411. The molecular formula is C10H11FO. The molecule has 0 N–H and O–H groups in total. The van der Waals surface area contributed by atoms with E-state index in [1.54, 1.807) is 12.1 Å². The molecule has 0 heterocycles. The molecule has 0 spiro atoms. The van der Waals surface area contributed by atoms with E-state index in [4.69, 9.17) is 0 Å². The smallest absolute Gasteiger partial charge is 0.255 e. The van der Waals surface area contributed by atoms with E-state index in [1.807, 2.05) is 13.8 Å². The Bertz CT molecular complexity index is 274. The number of halogens is 1. The molecule has 0 fully saturated rings. The van der Waals surface area contributed by atoms with E-state index in [9.17, 15) is 9.18 Å². The van der Waals surface area contributed by atoms with Gasteiger partial charge in [-0.05, 0) is 23.6 Å². The molecule has 0 aliphatic heterocycles. The molecule has 0 unspecified atom stereocenters. The van der Waals surface area contributed by atoms with Gasteiger partial charge >= 0.3 is 6.04 Å². The molecule has 0 saturated carbocycles. The van der Waals surface area contributed by atoms with Gasteiger partial charge in [0.1, 0.15) is 0 Å². The van der Waals surface area contributed by atoms with Crippen LogP contribution in [0.5, 0.6) is 0 Å². The second kappa shape index (κ2) is 3.48. The maximum absolute atomic E-state index is 12.1. The number of carbonyl (C=O) groups excluding carboxylic acids is 1. The van der Waals surface area contributed by atoms with Crippen LogP contribution in [0.15, 0.2) is 24.3 Å². The van der Waals surface area contributed by atoms with Crippen LogP contribution in [0.3, 0.4) is 0 Å². The lowest BCUT2D eigenvalue weighted by Gasteiger charge is -2.03. The van der Waals surface area contributed by atoms with Crippen molar-refractivity contribution in [2.24, 2.45) is 0 Å². The first kappa shape index (κ1) is 8.91. The van der Waals surface area contributed by atoms with Crippen LogP contribution < -0.4 is 0 Å². The average Bonchev–Trinajstić information content (AvgIpc) is 2.04. The van der Waals surface area contributed by atoms with Crippen LogP contribution in [0.4, 0.5) is 4.39 Å². The third-order valence-corrected chi connectivity index (χ3v) is 1.80. The molecule has 1 aromatic carbocycles. The Morgan fingerprint density at radius 1 is 1.25 bits per heavy atom. The normalized spacial score (nSPS) is 10.3. The quantitative estimate of drug-likeness (QED) is 0.617. The zero-order chi connectivity index (χ0) is 9.14. The predicted molar refractivity (Wildman–Crippen MR) is 46.0 cm³/mol. The van der Waals surface area contributed by atoms with Crippen molar-refractivity contribution in [2.75, 3.05) is 0 Å². The standard InChI is InChI=1S/C10H11FO/c1-7(2)8-3-5-9(6-4-8)10(11)12/h3-7H,1-2H3. The van der Waals surface area contributed by atoms with Crippen molar-refractivity contribution in [3.8, 4) is 0 Å². The summed E-state index contributed by atoms with van der Waals surface area (Å²) in [4.78, 5) is 10.3. The highest BCUT2D eigenvalue weighted by Gasteiger charge is 2.03. The topological polar surface area (TPSA) is 17.1 Å². The number of rotatable bonds is 2. The first-order valence-corrected chi connectivity index (χ1v) is 3.91. The summed E-state index contributed by atoms with van der Waals surface area (Å²) in [5.41, 5.74) is 1.24. The number of hydrogen-bond donors (Lipinski definition) is 0. The molecule has 12 heavy (non-hydrogen) atoms. The van der Waals surface area contributed by atoms with Crippen LogP contribution in [0.1, 0.15) is 35.7 Å². The van der Waals surface area contributed by atoms with Crippen molar-refractivity contribution in [3.05, 3.63) is 35.4 Å². The Morgan fingerprint density at radius 2 is 1.75 bits per heavy atom. The molecule has 1 nitrogen and oxygen atoms in total. The van der Waals surface area contributed by atoms with Gasteiger partial charge in [0.05, 0.1) is 5.56 Å². The zero-order valence-electron chi connectivity index (χ0n) is 7.17. The van der Waals surface area contributed by atoms with Gasteiger partial charge in [-0.2, -0.15) is 4.39 Å². The lowest BCUT2D eigenvalue weighted by Crippen LogP contribution is -1.92. The van der Waals surface area contributed by atoms with Crippen LogP contribution in [-0.4, -0.2) is 6.04 Å². The Kier molecular flexibility index (Phi) is 2.58. The molecule has 64 valence electrons. The highest BCUT2D eigenvalue weighted by molar-refractivity contribution is 5.88. The zero-order valence-corrected chi connectivity index (χ0v) is 7.17. The molecule has 0 saturated heterocycles. The fraction of sp³-hybridized carbons (Fsp3) is 0.300. The molecule has 0 aliphatic rings. The lowest BCUT2D eigenvalue weighted by atomic mass is 10.0. The van der Waals surface area contributed by atoms with Gasteiger partial charge in [-0.1, -0.05) is 26.0 Å². The van der Waals surface area contributed by atoms with E-state index in [-0.39, 0.29) is 5.56 Å². The van der Waals surface area contributed by atoms with Gasteiger partial charge in [0, 0.05) is 0 Å². The van der Waals surface area contributed by atoms with Crippen molar-refractivity contribution >= 4 is 6.04 Å². The van der Waals surface area contributed by atoms with Crippen molar-refractivity contribution < 1.29 is 9.18 Å². The Labute approximate surface area is 71.2 Å². The lowest BCUT2D eigenvalue weighted by molar-refractivity contribution is 0.0836. The predicted octanol–water partition coefficient (Wildman–Crippen LogP) is 2.92. The first-order valence-electron chi connectivity index (χ1n) is 3.91. The average molecular weight is 166 g/mol. The largest absolute Gasteiger partial charge is 0.332 e. The van der Waals surface area contributed by atoms with Crippen molar-refractivity contribution in [1.82, 2.24) is 0 Å². The van der Waals surface area contributed by atoms with E-state index >= 15 is 0 Å². The van der Waals surface area contributed by atoms with Gasteiger partial charge in [-0.3, -0.25) is 4.79 Å².